The molecule has 0 spiro atoms. The molecule has 1 rings (SSSR count). The Morgan fingerprint density at radius 3 is 2.69 bits per heavy atom. The second-order valence-electron chi connectivity index (χ2n) is 3.06. The highest BCUT2D eigenvalue weighted by molar-refractivity contribution is 7.91. The number of hydrogen-bond donors (Lipinski definition) is 1. The molecule has 0 aliphatic heterocycles. The molecule has 0 amide bonds. The van der Waals surface area contributed by atoms with E-state index < -0.39 is 21.7 Å². The third-order valence-corrected chi connectivity index (χ3v) is 3.33. The summed E-state index contributed by atoms with van der Waals surface area (Å²) in [6.45, 7) is 1.97. The molecular formula is C10H12O5S. The van der Waals surface area contributed by atoms with Gasteiger partial charge in [-0.05, 0) is 25.1 Å². The number of sulfone groups is 1. The van der Waals surface area contributed by atoms with Crippen molar-refractivity contribution in [3.63, 3.8) is 0 Å². The Hall–Kier alpha value is -1.40. The summed E-state index contributed by atoms with van der Waals surface area (Å²) < 4.78 is 28.1. The number of hydrogen-bond acceptors (Lipinski definition) is 4. The Balaban J connectivity index is 3.04. The smallest absolute Gasteiger partial charge is 0.335 e. The van der Waals surface area contributed by atoms with Crippen LogP contribution >= 0.6 is 0 Å². The molecule has 1 aromatic carbocycles. The molecule has 0 atom stereocenters. The maximum Gasteiger partial charge on any atom is 0.335 e. The number of carboxylic acids is 1. The molecule has 0 saturated carbocycles. The van der Waals surface area contributed by atoms with Gasteiger partial charge in [0.1, 0.15) is 0 Å². The summed E-state index contributed by atoms with van der Waals surface area (Å²) in [5, 5.41) is 8.72. The second kappa shape index (κ2) is 5.09. The van der Waals surface area contributed by atoms with Crippen molar-refractivity contribution >= 4 is 15.8 Å². The van der Waals surface area contributed by atoms with Gasteiger partial charge in [-0.1, -0.05) is 6.07 Å². The molecule has 1 N–H and O–H groups in total. The van der Waals surface area contributed by atoms with Gasteiger partial charge < -0.3 is 9.84 Å². The van der Waals surface area contributed by atoms with Gasteiger partial charge in [0.05, 0.1) is 10.5 Å². The maximum atomic E-state index is 11.6. The lowest BCUT2D eigenvalue weighted by molar-refractivity contribution is 0.0696. The number of rotatable bonds is 5. The fourth-order valence-electron chi connectivity index (χ4n) is 1.08. The highest BCUT2D eigenvalue weighted by Crippen LogP contribution is 2.13. The minimum atomic E-state index is -3.56. The molecule has 0 aliphatic carbocycles. The first-order valence-corrected chi connectivity index (χ1v) is 6.26. The zero-order valence-electron chi connectivity index (χ0n) is 8.71. The van der Waals surface area contributed by atoms with E-state index >= 15 is 0 Å². The van der Waals surface area contributed by atoms with Crippen LogP contribution in [0.2, 0.25) is 0 Å². The molecule has 0 fully saturated rings. The molecular weight excluding hydrogens is 232 g/mol. The van der Waals surface area contributed by atoms with Gasteiger partial charge in [0.2, 0.25) is 9.84 Å². The van der Waals surface area contributed by atoms with Crippen LogP contribution in [0.4, 0.5) is 0 Å². The molecule has 6 heteroatoms. The standard InChI is InChI=1S/C10H12O5S/c1-2-15-7-16(13,14)9-5-3-4-8(6-9)10(11)12/h3-6H,2,7H2,1H3,(H,11,12). The first kappa shape index (κ1) is 12.7. The van der Waals surface area contributed by atoms with Crippen LogP contribution < -0.4 is 0 Å². The van der Waals surface area contributed by atoms with Crippen molar-refractivity contribution in [2.24, 2.45) is 0 Å². The molecule has 88 valence electrons. The number of aromatic carboxylic acids is 1. The van der Waals surface area contributed by atoms with E-state index in [-0.39, 0.29) is 17.1 Å². The van der Waals surface area contributed by atoms with Gasteiger partial charge >= 0.3 is 5.97 Å². The quantitative estimate of drug-likeness (QED) is 0.840. The van der Waals surface area contributed by atoms with E-state index in [4.69, 9.17) is 9.84 Å². The topological polar surface area (TPSA) is 80.7 Å². The molecule has 1 aromatic rings. The van der Waals surface area contributed by atoms with Crippen LogP contribution in [-0.4, -0.2) is 32.0 Å². The van der Waals surface area contributed by atoms with Crippen molar-refractivity contribution in [1.29, 1.82) is 0 Å². The number of ether oxygens (including phenoxy) is 1. The van der Waals surface area contributed by atoms with Crippen LogP contribution in [0.15, 0.2) is 29.2 Å². The van der Waals surface area contributed by atoms with Gasteiger partial charge in [-0.25, -0.2) is 13.2 Å². The van der Waals surface area contributed by atoms with Gasteiger partial charge in [0, 0.05) is 6.61 Å². The number of benzene rings is 1. The van der Waals surface area contributed by atoms with E-state index in [1.54, 1.807) is 6.92 Å². The van der Waals surface area contributed by atoms with Crippen molar-refractivity contribution in [2.75, 3.05) is 12.5 Å². The summed E-state index contributed by atoms with van der Waals surface area (Å²) in [5.74, 6) is -1.60. The fraction of sp³-hybridized carbons (Fsp3) is 0.300. The van der Waals surface area contributed by atoms with Crippen LogP contribution in [0.5, 0.6) is 0 Å². The second-order valence-corrected chi connectivity index (χ2v) is 4.99. The van der Waals surface area contributed by atoms with Crippen LogP contribution in [0.25, 0.3) is 0 Å². The van der Waals surface area contributed by atoms with Gasteiger partial charge in [-0.15, -0.1) is 0 Å². The molecule has 0 aliphatic rings. The minimum Gasteiger partial charge on any atom is -0.478 e. The predicted molar refractivity (Wildman–Crippen MR) is 57.1 cm³/mol. The largest absolute Gasteiger partial charge is 0.478 e. The SMILES string of the molecule is CCOCS(=O)(=O)c1cccc(C(=O)O)c1. The van der Waals surface area contributed by atoms with Gasteiger partial charge in [0.15, 0.2) is 5.94 Å². The van der Waals surface area contributed by atoms with Crippen LogP contribution in [0.3, 0.4) is 0 Å². The fourth-order valence-corrected chi connectivity index (χ4v) is 2.20. The Morgan fingerprint density at radius 2 is 2.12 bits per heavy atom. The summed E-state index contributed by atoms with van der Waals surface area (Å²) in [6.07, 6.45) is 0. The number of carboxylic acid groups (broad SMARTS) is 1. The van der Waals surface area contributed by atoms with Crippen LogP contribution in [0.1, 0.15) is 17.3 Å². The summed E-state index contributed by atoms with van der Waals surface area (Å²) in [4.78, 5) is 10.6. The van der Waals surface area contributed by atoms with E-state index in [0.29, 0.717) is 0 Å². The zero-order chi connectivity index (χ0) is 12.2. The maximum absolute atomic E-state index is 11.6. The average Bonchev–Trinajstić information content (AvgIpc) is 2.26. The predicted octanol–water partition coefficient (Wildman–Crippen LogP) is 1.15. The third-order valence-electron chi connectivity index (χ3n) is 1.88. The molecule has 0 heterocycles. The Morgan fingerprint density at radius 1 is 1.44 bits per heavy atom. The Labute approximate surface area is 93.6 Å². The molecule has 0 bridgehead atoms. The lowest BCUT2D eigenvalue weighted by Gasteiger charge is -2.04. The molecule has 5 nitrogen and oxygen atoms in total. The van der Waals surface area contributed by atoms with Crippen molar-refractivity contribution in [2.45, 2.75) is 11.8 Å². The monoisotopic (exact) mass is 244 g/mol. The van der Waals surface area contributed by atoms with Gasteiger partial charge in [-0.3, -0.25) is 0 Å². The van der Waals surface area contributed by atoms with E-state index in [0.717, 1.165) is 6.07 Å². The third kappa shape index (κ3) is 3.04. The lowest BCUT2D eigenvalue weighted by Crippen LogP contribution is -2.10. The molecule has 0 unspecified atom stereocenters. The zero-order valence-corrected chi connectivity index (χ0v) is 9.53. The van der Waals surface area contributed by atoms with E-state index in [1.807, 2.05) is 0 Å². The normalized spacial score (nSPS) is 11.3. The summed E-state index contributed by atoms with van der Waals surface area (Å²) in [7, 11) is -3.56. The first-order chi connectivity index (χ1) is 7.47. The van der Waals surface area contributed by atoms with Crippen LogP contribution in [0, 0.1) is 0 Å². The minimum absolute atomic E-state index is 0.0409. The van der Waals surface area contributed by atoms with Crippen molar-refractivity contribution in [3.8, 4) is 0 Å². The lowest BCUT2D eigenvalue weighted by atomic mass is 10.2. The highest BCUT2D eigenvalue weighted by atomic mass is 32.2. The van der Waals surface area contributed by atoms with Crippen molar-refractivity contribution in [1.82, 2.24) is 0 Å². The van der Waals surface area contributed by atoms with Gasteiger partial charge in [0.25, 0.3) is 0 Å². The summed E-state index contributed by atoms with van der Waals surface area (Å²) in [6, 6.07) is 5.20. The van der Waals surface area contributed by atoms with Gasteiger partial charge in [-0.2, -0.15) is 0 Å². The highest BCUT2D eigenvalue weighted by Gasteiger charge is 2.16. The van der Waals surface area contributed by atoms with E-state index in [9.17, 15) is 13.2 Å². The van der Waals surface area contributed by atoms with E-state index in [1.165, 1.54) is 18.2 Å². The number of carbonyl (C=O) groups is 1. The Kier molecular flexibility index (Phi) is 4.03. The first-order valence-electron chi connectivity index (χ1n) is 4.61. The molecule has 0 aromatic heterocycles. The van der Waals surface area contributed by atoms with Crippen molar-refractivity contribution in [3.05, 3.63) is 29.8 Å². The van der Waals surface area contributed by atoms with E-state index in [2.05, 4.69) is 0 Å². The molecule has 0 radical (unpaired) electrons. The summed E-state index contributed by atoms with van der Waals surface area (Å²) in [5.41, 5.74) is -0.0578. The molecule has 0 saturated heterocycles. The van der Waals surface area contributed by atoms with Crippen LogP contribution in [-0.2, 0) is 14.6 Å². The average molecular weight is 244 g/mol. The van der Waals surface area contributed by atoms with Crippen molar-refractivity contribution < 1.29 is 23.1 Å². The Bertz CT molecular complexity index is 478. The molecule has 16 heavy (non-hydrogen) atoms. The summed E-state index contributed by atoms with van der Waals surface area (Å²) >= 11 is 0.